The third-order valence-corrected chi connectivity index (χ3v) is 6.43. The number of carbonyl (C=O) groups excluding carboxylic acids is 1. The average Bonchev–Trinajstić information content (AvgIpc) is 3.32. The molecule has 1 saturated carbocycles. The van der Waals surface area contributed by atoms with Gasteiger partial charge in [-0.1, -0.05) is 31.0 Å². The molecule has 0 N–H and O–H groups in total. The van der Waals surface area contributed by atoms with Gasteiger partial charge in [-0.25, -0.2) is 4.98 Å². The summed E-state index contributed by atoms with van der Waals surface area (Å²) in [6.45, 7) is 1.87. The largest absolute Gasteiger partial charge is 0.353 e. The average molecular weight is 347 g/mol. The molecule has 1 aromatic carbocycles. The number of carbonyl (C=O) groups is 1. The maximum Gasteiger partial charge on any atom is 0.259 e. The minimum absolute atomic E-state index is 0.0611. The Bertz CT molecular complexity index is 816. The smallest absolute Gasteiger partial charge is 0.259 e. The fourth-order valence-electron chi connectivity index (χ4n) is 5.08. The molecule has 4 nitrogen and oxygen atoms in total. The van der Waals surface area contributed by atoms with Crippen molar-refractivity contribution in [1.82, 2.24) is 4.98 Å². The van der Waals surface area contributed by atoms with Gasteiger partial charge in [0.1, 0.15) is 5.82 Å². The molecule has 0 radical (unpaired) electrons. The van der Waals surface area contributed by atoms with Gasteiger partial charge in [0.25, 0.3) is 5.91 Å². The molecule has 2 aliphatic heterocycles. The first-order valence-electron chi connectivity index (χ1n) is 9.94. The minimum atomic E-state index is 0.0611. The van der Waals surface area contributed by atoms with Gasteiger partial charge >= 0.3 is 0 Å². The van der Waals surface area contributed by atoms with Crippen LogP contribution in [0, 0.1) is 5.92 Å². The predicted molar refractivity (Wildman–Crippen MR) is 104 cm³/mol. The number of nitrogens with zero attached hydrogens (tertiary/aromatic N) is 3. The van der Waals surface area contributed by atoms with Gasteiger partial charge in [-0.15, -0.1) is 0 Å². The first kappa shape index (κ1) is 15.9. The van der Waals surface area contributed by atoms with Gasteiger partial charge in [0, 0.05) is 31.0 Å². The van der Waals surface area contributed by atoms with E-state index >= 15 is 0 Å². The predicted octanol–water partition coefficient (Wildman–Crippen LogP) is 4.05. The second-order valence-corrected chi connectivity index (χ2v) is 7.83. The molecule has 4 heteroatoms. The zero-order chi connectivity index (χ0) is 17.5. The number of amides is 1. The Hall–Kier alpha value is -2.36. The van der Waals surface area contributed by atoms with Crippen LogP contribution in [-0.4, -0.2) is 30.0 Å². The molecule has 134 valence electrons. The Morgan fingerprint density at radius 3 is 2.77 bits per heavy atom. The van der Waals surface area contributed by atoms with E-state index in [1.54, 1.807) is 6.20 Å². The van der Waals surface area contributed by atoms with E-state index in [0.29, 0.717) is 11.6 Å². The third-order valence-electron chi connectivity index (χ3n) is 6.43. The summed E-state index contributed by atoms with van der Waals surface area (Å²) < 4.78 is 0. The van der Waals surface area contributed by atoms with Crippen LogP contribution in [0.1, 0.15) is 48.0 Å². The fourth-order valence-corrected chi connectivity index (χ4v) is 5.08. The highest BCUT2D eigenvalue weighted by Crippen LogP contribution is 2.38. The van der Waals surface area contributed by atoms with Crippen molar-refractivity contribution in [2.24, 2.45) is 5.92 Å². The molecule has 3 aliphatic rings. The Labute approximate surface area is 154 Å². The summed E-state index contributed by atoms with van der Waals surface area (Å²) in [5.41, 5.74) is 2.99. The molecule has 0 spiro atoms. The number of pyridine rings is 1. The van der Waals surface area contributed by atoms with Crippen molar-refractivity contribution in [1.29, 1.82) is 0 Å². The normalized spacial score (nSPS) is 24.5. The SMILES string of the molecule is O=C(c1ccc(N2CCC3CCCCC32)nc1)N1CCc2ccccc21. The molecule has 0 bridgehead atoms. The van der Waals surface area contributed by atoms with Crippen LogP contribution in [0.5, 0.6) is 0 Å². The van der Waals surface area contributed by atoms with E-state index in [0.717, 1.165) is 36.9 Å². The number of aromatic nitrogens is 1. The second-order valence-electron chi connectivity index (χ2n) is 7.83. The van der Waals surface area contributed by atoms with E-state index in [4.69, 9.17) is 0 Å². The number of rotatable bonds is 2. The number of fused-ring (bicyclic) bond motifs is 2. The van der Waals surface area contributed by atoms with Crippen molar-refractivity contribution in [3.63, 3.8) is 0 Å². The lowest BCUT2D eigenvalue weighted by Crippen LogP contribution is -2.35. The van der Waals surface area contributed by atoms with Gasteiger partial charge in [-0.05, 0) is 55.4 Å². The van der Waals surface area contributed by atoms with Gasteiger partial charge in [-0.3, -0.25) is 4.79 Å². The van der Waals surface area contributed by atoms with E-state index in [1.165, 1.54) is 37.7 Å². The van der Waals surface area contributed by atoms with E-state index in [-0.39, 0.29) is 5.91 Å². The van der Waals surface area contributed by atoms with E-state index in [1.807, 2.05) is 35.2 Å². The molecule has 1 aromatic heterocycles. The van der Waals surface area contributed by atoms with Gasteiger partial charge < -0.3 is 9.80 Å². The highest BCUT2D eigenvalue weighted by Gasteiger charge is 2.36. The fraction of sp³-hybridized carbons (Fsp3) is 0.455. The number of anilines is 2. The van der Waals surface area contributed by atoms with Crippen LogP contribution in [0.4, 0.5) is 11.5 Å². The van der Waals surface area contributed by atoms with Gasteiger partial charge in [-0.2, -0.15) is 0 Å². The number of benzene rings is 1. The van der Waals surface area contributed by atoms with Crippen LogP contribution >= 0.6 is 0 Å². The van der Waals surface area contributed by atoms with Crippen LogP contribution in [0.15, 0.2) is 42.6 Å². The summed E-state index contributed by atoms with van der Waals surface area (Å²) in [6.07, 6.45) is 9.37. The van der Waals surface area contributed by atoms with Crippen LogP contribution in [0.2, 0.25) is 0 Å². The molecule has 2 fully saturated rings. The maximum atomic E-state index is 12.9. The highest BCUT2D eigenvalue weighted by atomic mass is 16.2. The van der Waals surface area contributed by atoms with Crippen LogP contribution in [0.25, 0.3) is 0 Å². The molecule has 1 saturated heterocycles. The van der Waals surface area contributed by atoms with Crippen molar-refractivity contribution >= 4 is 17.4 Å². The highest BCUT2D eigenvalue weighted by molar-refractivity contribution is 6.07. The summed E-state index contributed by atoms with van der Waals surface area (Å²) in [4.78, 5) is 22.0. The zero-order valence-electron chi connectivity index (χ0n) is 15.1. The number of hydrogen-bond acceptors (Lipinski definition) is 3. The van der Waals surface area contributed by atoms with Gasteiger partial charge in [0.05, 0.1) is 5.56 Å². The lowest BCUT2D eigenvalue weighted by Gasteiger charge is -2.32. The number of hydrogen-bond donors (Lipinski definition) is 0. The molecular formula is C22H25N3O. The van der Waals surface area contributed by atoms with Crippen LogP contribution < -0.4 is 9.80 Å². The van der Waals surface area contributed by atoms with Crippen LogP contribution in [-0.2, 0) is 6.42 Å². The van der Waals surface area contributed by atoms with Crippen molar-refractivity contribution in [3.8, 4) is 0 Å². The summed E-state index contributed by atoms with van der Waals surface area (Å²) in [5.74, 6) is 1.94. The Morgan fingerprint density at radius 1 is 1.00 bits per heavy atom. The molecule has 2 unspecified atom stereocenters. The summed E-state index contributed by atoms with van der Waals surface area (Å²) in [5, 5.41) is 0. The Morgan fingerprint density at radius 2 is 1.88 bits per heavy atom. The van der Waals surface area contributed by atoms with E-state index < -0.39 is 0 Å². The quantitative estimate of drug-likeness (QED) is 0.822. The lowest BCUT2D eigenvalue weighted by atomic mass is 9.85. The first-order valence-corrected chi connectivity index (χ1v) is 9.94. The molecule has 1 amide bonds. The topological polar surface area (TPSA) is 36.4 Å². The monoisotopic (exact) mass is 347 g/mol. The van der Waals surface area contributed by atoms with Crippen molar-refractivity contribution in [2.75, 3.05) is 22.9 Å². The molecule has 3 heterocycles. The molecule has 1 aliphatic carbocycles. The van der Waals surface area contributed by atoms with Crippen molar-refractivity contribution in [2.45, 2.75) is 44.6 Å². The summed E-state index contributed by atoms with van der Waals surface area (Å²) in [7, 11) is 0. The van der Waals surface area contributed by atoms with E-state index in [2.05, 4.69) is 16.0 Å². The third kappa shape index (κ3) is 2.59. The molecule has 2 aromatic rings. The van der Waals surface area contributed by atoms with Gasteiger partial charge in [0.2, 0.25) is 0 Å². The molecular weight excluding hydrogens is 322 g/mol. The lowest BCUT2D eigenvalue weighted by molar-refractivity contribution is 0.0989. The zero-order valence-corrected chi connectivity index (χ0v) is 15.1. The first-order chi connectivity index (χ1) is 12.8. The van der Waals surface area contributed by atoms with Crippen molar-refractivity contribution in [3.05, 3.63) is 53.7 Å². The van der Waals surface area contributed by atoms with Gasteiger partial charge in [0.15, 0.2) is 0 Å². The number of para-hydroxylation sites is 1. The maximum absolute atomic E-state index is 12.9. The molecule has 26 heavy (non-hydrogen) atoms. The van der Waals surface area contributed by atoms with E-state index in [9.17, 15) is 4.79 Å². The second kappa shape index (κ2) is 6.42. The Balaban J connectivity index is 1.35. The summed E-state index contributed by atoms with van der Waals surface area (Å²) >= 11 is 0. The minimum Gasteiger partial charge on any atom is -0.353 e. The van der Waals surface area contributed by atoms with Crippen LogP contribution in [0.3, 0.4) is 0 Å². The van der Waals surface area contributed by atoms with Crippen molar-refractivity contribution < 1.29 is 4.79 Å². The summed E-state index contributed by atoms with van der Waals surface area (Å²) in [6, 6.07) is 12.8. The molecule has 2 atom stereocenters. The Kier molecular flexibility index (Phi) is 3.92. The standard InChI is InChI=1S/C22H25N3O/c26-22(25-14-12-17-6-2-4-8-20(17)25)18-9-10-21(23-15-18)24-13-11-16-5-1-3-7-19(16)24/h2,4,6,8-10,15-16,19H,1,3,5,7,11-14H2. The molecule has 5 rings (SSSR count).